The molecule has 0 aromatic heterocycles. The third kappa shape index (κ3) is 4.98. The SMILES string of the molecule is COc1ccc(CN(CCCN2C(=O)CNC2=O)C2CCS(=O)(=O)C2)cc1. The zero-order chi connectivity index (χ0) is 19.4. The number of carbonyl (C=O) groups excluding carboxylic acids is 2. The van der Waals surface area contributed by atoms with Gasteiger partial charge in [-0.2, -0.15) is 0 Å². The lowest BCUT2D eigenvalue weighted by molar-refractivity contribution is -0.125. The number of hydrogen-bond acceptors (Lipinski definition) is 6. The summed E-state index contributed by atoms with van der Waals surface area (Å²) in [5.74, 6) is 0.924. The number of carbonyl (C=O) groups is 2. The summed E-state index contributed by atoms with van der Waals surface area (Å²) in [5, 5.41) is 2.51. The van der Waals surface area contributed by atoms with Gasteiger partial charge in [0, 0.05) is 25.7 Å². The first-order valence-electron chi connectivity index (χ1n) is 9.03. The third-order valence-electron chi connectivity index (χ3n) is 5.03. The molecule has 2 aliphatic heterocycles. The number of amides is 3. The second-order valence-corrected chi connectivity index (χ2v) is 9.16. The van der Waals surface area contributed by atoms with E-state index in [2.05, 4.69) is 10.2 Å². The molecule has 1 N–H and O–H groups in total. The fourth-order valence-electron chi connectivity index (χ4n) is 3.53. The number of nitrogens with one attached hydrogen (secondary N) is 1. The predicted octanol–water partition coefficient (Wildman–Crippen LogP) is 0.626. The van der Waals surface area contributed by atoms with Gasteiger partial charge in [0.2, 0.25) is 5.91 Å². The molecule has 1 aromatic carbocycles. The van der Waals surface area contributed by atoms with E-state index >= 15 is 0 Å². The van der Waals surface area contributed by atoms with Gasteiger partial charge < -0.3 is 10.1 Å². The summed E-state index contributed by atoms with van der Waals surface area (Å²) in [7, 11) is -1.38. The van der Waals surface area contributed by atoms with Crippen molar-refractivity contribution in [3.63, 3.8) is 0 Å². The Morgan fingerprint density at radius 3 is 2.56 bits per heavy atom. The Hall–Kier alpha value is -2.13. The van der Waals surface area contributed by atoms with Crippen molar-refractivity contribution in [2.24, 2.45) is 0 Å². The van der Waals surface area contributed by atoms with E-state index < -0.39 is 9.84 Å². The fraction of sp³-hybridized carbons (Fsp3) is 0.556. The van der Waals surface area contributed by atoms with Crippen molar-refractivity contribution in [3.8, 4) is 5.75 Å². The molecule has 2 saturated heterocycles. The van der Waals surface area contributed by atoms with Crippen molar-refractivity contribution in [3.05, 3.63) is 29.8 Å². The Bertz CT molecular complexity index is 778. The van der Waals surface area contributed by atoms with E-state index in [0.717, 1.165) is 11.3 Å². The third-order valence-corrected chi connectivity index (χ3v) is 6.78. The summed E-state index contributed by atoms with van der Waals surface area (Å²) in [6, 6.07) is 7.29. The summed E-state index contributed by atoms with van der Waals surface area (Å²) in [6.07, 6.45) is 1.22. The average Bonchev–Trinajstić information content (AvgIpc) is 3.17. The number of urea groups is 1. The second-order valence-electron chi connectivity index (χ2n) is 6.93. The minimum atomic E-state index is -2.99. The molecule has 0 aliphatic carbocycles. The van der Waals surface area contributed by atoms with Crippen LogP contribution >= 0.6 is 0 Å². The molecule has 9 heteroatoms. The second kappa shape index (κ2) is 8.26. The van der Waals surface area contributed by atoms with Crippen LogP contribution in [-0.4, -0.2) is 74.4 Å². The number of sulfone groups is 1. The molecular formula is C18H25N3O5S. The molecule has 3 amide bonds. The molecule has 0 radical (unpaired) electrons. The number of ether oxygens (including phenoxy) is 1. The Labute approximate surface area is 159 Å². The van der Waals surface area contributed by atoms with E-state index in [9.17, 15) is 18.0 Å². The van der Waals surface area contributed by atoms with Gasteiger partial charge in [0.25, 0.3) is 0 Å². The summed E-state index contributed by atoms with van der Waals surface area (Å²) in [5.41, 5.74) is 1.06. The van der Waals surface area contributed by atoms with Crippen molar-refractivity contribution in [1.82, 2.24) is 15.1 Å². The number of imide groups is 1. The fourth-order valence-corrected chi connectivity index (χ4v) is 5.29. The lowest BCUT2D eigenvalue weighted by Crippen LogP contribution is -2.39. The highest BCUT2D eigenvalue weighted by atomic mass is 32.2. The largest absolute Gasteiger partial charge is 0.497 e. The molecule has 148 valence electrons. The maximum Gasteiger partial charge on any atom is 0.324 e. The van der Waals surface area contributed by atoms with Crippen LogP contribution in [0.2, 0.25) is 0 Å². The lowest BCUT2D eigenvalue weighted by atomic mass is 10.1. The standard InChI is InChI=1S/C18H25N3O5S/c1-26-16-5-3-14(4-6-16)12-20(15-7-10-27(24,25)13-15)8-2-9-21-17(22)11-19-18(21)23/h3-6,15H,2,7-13H2,1H3,(H,19,23). The number of rotatable bonds is 8. The Balaban J connectivity index is 1.63. The first-order chi connectivity index (χ1) is 12.9. The van der Waals surface area contributed by atoms with Crippen molar-refractivity contribution in [2.75, 3.05) is 38.2 Å². The molecule has 2 fully saturated rings. The van der Waals surface area contributed by atoms with Gasteiger partial charge in [-0.1, -0.05) is 12.1 Å². The molecule has 0 bridgehead atoms. The molecule has 27 heavy (non-hydrogen) atoms. The van der Waals surface area contributed by atoms with Gasteiger partial charge >= 0.3 is 6.03 Å². The Kier molecular flexibility index (Phi) is 6.01. The van der Waals surface area contributed by atoms with Crippen molar-refractivity contribution in [2.45, 2.75) is 25.4 Å². The van der Waals surface area contributed by atoms with E-state index in [1.807, 2.05) is 24.3 Å². The minimum absolute atomic E-state index is 0.0415. The van der Waals surface area contributed by atoms with Crippen LogP contribution in [0.1, 0.15) is 18.4 Å². The monoisotopic (exact) mass is 395 g/mol. The molecule has 8 nitrogen and oxygen atoms in total. The highest BCUT2D eigenvalue weighted by Crippen LogP contribution is 2.21. The van der Waals surface area contributed by atoms with Crippen LogP contribution in [-0.2, 0) is 21.2 Å². The van der Waals surface area contributed by atoms with E-state index in [1.165, 1.54) is 4.90 Å². The first kappa shape index (κ1) is 19.6. The number of nitrogens with zero attached hydrogens (tertiary/aromatic N) is 2. The van der Waals surface area contributed by atoms with Gasteiger partial charge in [-0.3, -0.25) is 14.6 Å². The molecule has 1 unspecified atom stereocenters. The predicted molar refractivity (Wildman–Crippen MR) is 100 cm³/mol. The molecule has 3 rings (SSSR count). The van der Waals surface area contributed by atoms with Crippen molar-refractivity contribution >= 4 is 21.8 Å². The van der Waals surface area contributed by atoms with Crippen molar-refractivity contribution < 1.29 is 22.7 Å². The molecule has 1 aromatic rings. The maximum absolute atomic E-state index is 11.9. The van der Waals surface area contributed by atoms with Crippen LogP contribution in [0, 0.1) is 0 Å². The molecule has 0 spiro atoms. The van der Waals surface area contributed by atoms with E-state index in [1.54, 1.807) is 7.11 Å². The maximum atomic E-state index is 11.9. The highest BCUT2D eigenvalue weighted by Gasteiger charge is 2.33. The lowest BCUT2D eigenvalue weighted by Gasteiger charge is -2.28. The number of benzene rings is 1. The zero-order valence-corrected chi connectivity index (χ0v) is 16.2. The van der Waals surface area contributed by atoms with Crippen molar-refractivity contribution in [1.29, 1.82) is 0 Å². The molecule has 1 atom stereocenters. The van der Waals surface area contributed by atoms with Crippen LogP contribution in [0.15, 0.2) is 24.3 Å². The Morgan fingerprint density at radius 1 is 1.26 bits per heavy atom. The van der Waals surface area contributed by atoms with Crippen LogP contribution in [0.5, 0.6) is 5.75 Å². The minimum Gasteiger partial charge on any atom is -0.497 e. The normalized spacial score (nSPS) is 21.7. The van der Waals surface area contributed by atoms with Gasteiger partial charge in [-0.05, 0) is 30.5 Å². The number of hydrogen-bond donors (Lipinski definition) is 1. The Morgan fingerprint density at radius 2 is 2.00 bits per heavy atom. The molecular weight excluding hydrogens is 370 g/mol. The summed E-state index contributed by atoms with van der Waals surface area (Å²) >= 11 is 0. The van der Waals surface area contributed by atoms with E-state index in [-0.39, 0.29) is 36.0 Å². The molecule has 0 saturated carbocycles. The van der Waals surface area contributed by atoms with E-state index in [0.29, 0.717) is 32.5 Å². The zero-order valence-electron chi connectivity index (χ0n) is 15.4. The van der Waals surface area contributed by atoms with Gasteiger partial charge in [0.15, 0.2) is 9.84 Å². The topological polar surface area (TPSA) is 96.0 Å². The highest BCUT2D eigenvalue weighted by molar-refractivity contribution is 7.91. The average molecular weight is 395 g/mol. The first-order valence-corrected chi connectivity index (χ1v) is 10.9. The number of methoxy groups -OCH3 is 1. The van der Waals surface area contributed by atoms with Gasteiger partial charge in [-0.25, -0.2) is 13.2 Å². The van der Waals surface area contributed by atoms with Crippen LogP contribution in [0.4, 0.5) is 4.79 Å². The quantitative estimate of drug-likeness (QED) is 0.649. The summed E-state index contributed by atoms with van der Waals surface area (Å²) in [6.45, 7) is 1.62. The summed E-state index contributed by atoms with van der Waals surface area (Å²) < 4.78 is 29.0. The van der Waals surface area contributed by atoms with Gasteiger partial charge in [0.1, 0.15) is 5.75 Å². The van der Waals surface area contributed by atoms with Gasteiger partial charge in [-0.15, -0.1) is 0 Å². The smallest absolute Gasteiger partial charge is 0.324 e. The van der Waals surface area contributed by atoms with Gasteiger partial charge in [0.05, 0.1) is 25.2 Å². The summed E-state index contributed by atoms with van der Waals surface area (Å²) in [4.78, 5) is 26.7. The van der Waals surface area contributed by atoms with E-state index in [4.69, 9.17) is 4.74 Å². The molecule has 2 aliphatic rings. The van der Waals surface area contributed by atoms with Crippen LogP contribution in [0.25, 0.3) is 0 Å². The van der Waals surface area contributed by atoms with Crippen LogP contribution < -0.4 is 10.1 Å². The van der Waals surface area contributed by atoms with Crippen LogP contribution in [0.3, 0.4) is 0 Å². The molecule has 2 heterocycles.